The standard InChI is InChI=1S/C15H14ClN7OS/c1-9(14(24)20-12-5-4-11(16)8-19-12)25-15-22-21-13(23(15)17)10-3-2-6-18-7-10/h2-9H,17H2,1H3,(H,19,20,24)/t9-/m0/s1. The molecule has 0 radical (unpaired) electrons. The smallest absolute Gasteiger partial charge is 0.238 e. The van der Waals surface area contributed by atoms with Crippen molar-refractivity contribution in [3.63, 3.8) is 0 Å². The minimum Gasteiger partial charge on any atom is -0.335 e. The van der Waals surface area contributed by atoms with Crippen molar-refractivity contribution in [3.8, 4) is 11.4 Å². The molecule has 0 aliphatic carbocycles. The van der Waals surface area contributed by atoms with Crippen LogP contribution in [-0.2, 0) is 4.79 Å². The summed E-state index contributed by atoms with van der Waals surface area (Å²) in [7, 11) is 0. The van der Waals surface area contributed by atoms with Crippen LogP contribution in [-0.4, -0.2) is 36.0 Å². The Bertz CT molecular complexity index is 869. The molecule has 0 aromatic carbocycles. The van der Waals surface area contributed by atoms with E-state index in [-0.39, 0.29) is 5.91 Å². The summed E-state index contributed by atoms with van der Waals surface area (Å²) in [5.41, 5.74) is 0.742. The summed E-state index contributed by atoms with van der Waals surface area (Å²) in [5, 5.41) is 11.3. The molecule has 10 heteroatoms. The molecular weight excluding hydrogens is 362 g/mol. The number of carbonyl (C=O) groups is 1. The number of pyridine rings is 2. The van der Waals surface area contributed by atoms with Crippen LogP contribution in [0.15, 0.2) is 48.0 Å². The molecular formula is C15H14ClN7OS. The molecule has 3 N–H and O–H groups in total. The highest BCUT2D eigenvalue weighted by Crippen LogP contribution is 2.25. The van der Waals surface area contributed by atoms with Gasteiger partial charge in [0.1, 0.15) is 5.82 Å². The lowest BCUT2D eigenvalue weighted by Gasteiger charge is -2.11. The number of rotatable bonds is 5. The predicted octanol–water partition coefficient (Wildman–Crippen LogP) is 2.22. The van der Waals surface area contributed by atoms with Crippen molar-refractivity contribution in [2.45, 2.75) is 17.3 Å². The van der Waals surface area contributed by atoms with Crippen molar-refractivity contribution in [2.24, 2.45) is 0 Å². The van der Waals surface area contributed by atoms with Crippen LogP contribution >= 0.6 is 23.4 Å². The van der Waals surface area contributed by atoms with Gasteiger partial charge in [0.25, 0.3) is 0 Å². The number of amides is 1. The van der Waals surface area contributed by atoms with Crippen LogP contribution in [0.25, 0.3) is 11.4 Å². The van der Waals surface area contributed by atoms with E-state index in [1.54, 1.807) is 37.5 Å². The van der Waals surface area contributed by atoms with Gasteiger partial charge in [0.05, 0.1) is 10.3 Å². The number of nitrogen functional groups attached to an aromatic ring is 1. The topological polar surface area (TPSA) is 112 Å². The lowest BCUT2D eigenvalue weighted by molar-refractivity contribution is -0.115. The molecule has 0 aliphatic rings. The maximum absolute atomic E-state index is 12.3. The molecule has 3 heterocycles. The Balaban J connectivity index is 1.68. The molecule has 0 fully saturated rings. The molecule has 0 saturated heterocycles. The van der Waals surface area contributed by atoms with E-state index in [0.29, 0.717) is 21.8 Å². The van der Waals surface area contributed by atoms with E-state index in [1.165, 1.54) is 22.6 Å². The highest BCUT2D eigenvalue weighted by molar-refractivity contribution is 8.00. The van der Waals surface area contributed by atoms with E-state index < -0.39 is 5.25 Å². The number of hydrogen-bond acceptors (Lipinski definition) is 7. The molecule has 0 unspecified atom stereocenters. The first kappa shape index (κ1) is 17.2. The summed E-state index contributed by atoms with van der Waals surface area (Å²) in [6.07, 6.45) is 4.77. The zero-order valence-electron chi connectivity index (χ0n) is 13.1. The normalized spacial score (nSPS) is 11.9. The summed E-state index contributed by atoms with van der Waals surface area (Å²) < 4.78 is 1.34. The van der Waals surface area contributed by atoms with Gasteiger partial charge in [0.15, 0.2) is 5.82 Å². The Hall–Kier alpha value is -2.65. The third-order valence-electron chi connectivity index (χ3n) is 3.21. The number of nitrogens with one attached hydrogen (secondary N) is 1. The zero-order valence-corrected chi connectivity index (χ0v) is 14.7. The van der Waals surface area contributed by atoms with Gasteiger partial charge in [0, 0.05) is 24.2 Å². The van der Waals surface area contributed by atoms with Crippen LogP contribution in [0.2, 0.25) is 5.02 Å². The summed E-state index contributed by atoms with van der Waals surface area (Å²) in [5.74, 6) is 6.70. The van der Waals surface area contributed by atoms with Gasteiger partial charge in [-0.3, -0.25) is 9.78 Å². The van der Waals surface area contributed by atoms with Gasteiger partial charge in [0.2, 0.25) is 11.1 Å². The van der Waals surface area contributed by atoms with Crippen LogP contribution in [0.3, 0.4) is 0 Å². The van der Waals surface area contributed by atoms with E-state index in [2.05, 4.69) is 25.5 Å². The van der Waals surface area contributed by atoms with Crippen LogP contribution in [0, 0.1) is 0 Å². The van der Waals surface area contributed by atoms with E-state index in [1.807, 2.05) is 6.07 Å². The SMILES string of the molecule is C[C@H](Sc1nnc(-c2cccnc2)n1N)C(=O)Nc1ccc(Cl)cn1. The van der Waals surface area contributed by atoms with Crippen LogP contribution in [0.4, 0.5) is 5.82 Å². The summed E-state index contributed by atoms with van der Waals surface area (Å²) in [6.45, 7) is 1.74. The van der Waals surface area contributed by atoms with Crippen molar-refractivity contribution >= 4 is 35.1 Å². The highest BCUT2D eigenvalue weighted by Gasteiger charge is 2.20. The minimum absolute atomic E-state index is 0.231. The molecule has 1 atom stereocenters. The van der Waals surface area contributed by atoms with Gasteiger partial charge in [-0.1, -0.05) is 23.4 Å². The number of hydrogen-bond donors (Lipinski definition) is 2. The Morgan fingerprint density at radius 3 is 2.84 bits per heavy atom. The van der Waals surface area contributed by atoms with E-state index in [4.69, 9.17) is 17.4 Å². The summed E-state index contributed by atoms with van der Waals surface area (Å²) in [6, 6.07) is 6.89. The minimum atomic E-state index is -0.453. The first-order valence-electron chi connectivity index (χ1n) is 7.24. The number of halogens is 1. The quantitative estimate of drug-likeness (QED) is 0.519. The van der Waals surface area contributed by atoms with Crippen molar-refractivity contribution in [1.82, 2.24) is 24.8 Å². The third kappa shape index (κ3) is 4.06. The Kier molecular flexibility index (Phi) is 5.15. The zero-order chi connectivity index (χ0) is 17.8. The first-order valence-corrected chi connectivity index (χ1v) is 8.50. The van der Waals surface area contributed by atoms with Gasteiger partial charge in [-0.25, -0.2) is 9.66 Å². The number of aromatic nitrogens is 5. The Labute approximate surface area is 152 Å². The molecule has 0 saturated carbocycles. The molecule has 25 heavy (non-hydrogen) atoms. The molecule has 3 aromatic rings. The molecule has 0 spiro atoms. The molecule has 8 nitrogen and oxygen atoms in total. The lowest BCUT2D eigenvalue weighted by Crippen LogP contribution is -2.24. The number of nitrogens with two attached hydrogens (primary N) is 1. The van der Waals surface area contributed by atoms with Gasteiger partial charge in [-0.15, -0.1) is 10.2 Å². The maximum Gasteiger partial charge on any atom is 0.238 e. The van der Waals surface area contributed by atoms with Crippen LogP contribution < -0.4 is 11.2 Å². The fourth-order valence-electron chi connectivity index (χ4n) is 1.94. The van der Waals surface area contributed by atoms with E-state index in [9.17, 15) is 4.79 Å². The van der Waals surface area contributed by atoms with Gasteiger partial charge >= 0.3 is 0 Å². The highest BCUT2D eigenvalue weighted by atomic mass is 35.5. The number of anilines is 1. The largest absolute Gasteiger partial charge is 0.335 e. The fraction of sp³-hybridized carbons (Fsp3) is 0.133. The monoisotopic (exact) mass is 375 g/mol. The second kappa shape index (κ2) is 7.49. The molecule has 1 amide bonds. The fourth-order valence-corrected chi connectivity index (χ4v) is 2.82. The van der Waals surface area contributed by atoms with Gasteiger partial charge < -0.3 is 11.2 Å². The van der Waals surface area contributed by atoms with Crippen molar-refractivity contribution < 1.29 is 4.79 Å². The Morgan fingerprint density at radius 2 is 2.16 bits per heavy atom. The average Bonchev–Trinajstić information content (AvgIpc) is 2.98. The van der Waals surface area contributed by atoms with Gasteiger partial charge in [-0.05, 0) is 31.2 Å². The Morgan fingerprint density at radius 1 is 1.32 bits per heavy atom. The summed E-state index contributed by atoms with van der Waals surface area (Å²) in [4.78, 5) is 20.3. The number of thioether (sulfide) groups is 1. The van der Waals surface area contributed by atoms with E-state index in [0.717, 1.165) is 5.56 Å². The molecule has 0 aliphatic heterocycles. The van der Waals surface area contributed by atoms with Crippen molar-refractivity contribution in [3.05, 3.63) is 47.9 Å². The molecule has 3 rings (SSSR count). The maximum atomic E-state index is 12.3. The van der Waals surface area contributed by atoms with Crippen LogP contribution in [0.5, 0.6) is 0 Å². The van der Waals surface area contributed by atoms with E-state index >= 15 is 0 Å². The van der Waals surface area contributed by atoms with Gasteiger partial charge in [-0.2, -0.15) is 0 Å². The number of carbonyl (C=O) groups excluding carboxylic acids is 1. The second-order valence-electron chi connectivity index (χ2n) is 5.03. The van der Waals surface area contributed by atoms with Crippen molar-refractivity contribution in [2.75, 3.05) is 11.2 Å². The first-order chi connectivity index (χ1) is 12.0. The number of nitrogens with zero attached hydrogens (tertiary/aromatic N) is 5. The van der Waals surface area contributed by atoms with Crippen LogP contribution in [0.1, 0.15) is 6.92 Å². The average molecular weight is 376 g/mol. The third-order valence-corrected chi connectivity index (χ3v) is 4.49. The summed E-state index contributed by atoms with van der Waals surface area (Å²) >= 11 is 6.97. The second-order valence-corrected chi connectivity index (χ2v) is 6.77. The predicted molar refractivity (Wildman–Crippen MR) is 96.6 cm³/mol. The molecule has 0 bridgehead atoms. The lowest BCUT2D eigenvalue weighted by atomic mass is 10.3. The molecule has 3 aromatic heterocycles. The molecule has 128 valence electrons. The van der Waals surface area contributed by atoms with Crippen molar-refractivity contribution in [1.29, 1.82) is 0 Å².